The summed E-state index contributed by atoms with van der Waals surface area (Å²) in [5.41, 5.74) is 1.19. The van der Waals surface area contributed by atoms with Crippen molar-refractivity contribution in [3.8, 4) is 5.75 Å². The summed E-state index contributed by atoms with van der Waals surface area (Å²) in [4.78, 5) is 0. The summed E-state index contributed by atoms with van der Waals surface area (Å²) in [5.74, 6) is 0.913. The van der Waals surface area contributed by atoms with Crippen molar-refractivity contribution in [1.29, 1.82) is 0 Å². The molecule has 0 fully saturated rings. The monoisotopic (exact) mass is 282 g/mol. The van der Waals surface area contributed by atoms with Crippen molar-refractivity contribution in [2.24, 2.45) is 0 Å². The molecule has 5 nitrogen and oxygen atoms in total. The lowest BCUT2D eigenvalue weighted by Gasteiger charge is -2.05. The Morgan fingerprint density at radius 2 is 1.26 bits per heavy atom. The highest BCUT2D eigenvalue weighted by Crippen LogP contribution is 2.10. The Balaban J connectivity index is 0.000000312. The van der Waals surface area contributed by atoms with Crippen LogP contribution in [0.15, 0.2) is 60.7 Å². The highest BCUT2D eigenvalue weighted by Gasteiger charge is 1.92. The SMILES string of the molecule is O=S(=O)(O)O.c1ccc(COc2ccccc2)cc1. The third kappa shape index (κ3) is 8.78. The van der Waals surface area contributed by atoms with Crippen LogP contribution in [0.3, 0.4) is 0 Å². The average Bonchev–Trinajstić information content (AvgIpc) is 2.37. The molecule has 2 N–H and O–H groups in total. The molecule has 102 valence electrons. The molecule has 0 aromatic heterocycles. The number of hydrogen-bond donors (Lipinski definition) is 2. The van der Waals surface area contributed by atoms with Gasteiger partial charge in [0.15, 0.2) is 0 Å². The van der Waals surface area contributed by atoms with Crippen LogP contribution in [0.4, 0.5) is 0 Å². The highest BCUT2D eigenvalue weighted by atomic mass is 32.3. The third-order valence-corrected chi connectivity index (χ3v) is 1.99. The van der Waals surface area contributed by atoms with E-state index in [-0.39, 0.29) is 0 Å². The predicted molar refractivity (Wildman–Crippen MR) is 71.4 cm³/mol. The predicted octanol–water partition coefficient (Wildman–Crippen LogP) is 2.61. The van der Waals surface area contributed by atoms with Gasteiger partial charge in [0.2, 0.25) is 0 Å². The number of benzene rings is 2. The average molecular weight is 282 g/mol. The van der Waals surface area contributed by atoms with E-state index in [0.717, 1.165) is 5.75 Å². The van der Waals surface area contributed by atoms with Crippen molar-refractivity contribution in [2.45, 2.75) is 6.61 Å². The second kappa shape index (κ2) is 7.52. The van der Waals surface area contributed by atoms with E-state index in [2.05, 4.69) is 12.1 Å². The smallest absolute Gasteiger partial charge is 0.394 e. The number of para-hydroxylation sites is 1. The molecule has 2 aromatic carbocycles. The van der Waals surface area contributed by atoms with Gasteiger partial charge in [0.25, 0.3) is 0 Å². The minimum atomic E-state index is -4.67. The van der Waals surface area contributed by atoms with E-state index in [4.69, 9.17) is 22.3 Å². The molecule has 2 rings (SSSR count). The third-order valence-electron chi connectivity index (χ3n) is 1.99. The minimum absolute atomic E-state index is 0.630. The molecule has 19 heavy (non-hydrogen) atoms. The fraction of sp³-hybridized carbons (Fsp3) is 0.0769. The zero-order chi connectivity index (χ0) is 14.1. The number of ether oxygens (including phenoxy) is 1. The maximum atomic E-state index is 8.74. The van der Waals surface area contributed by atoms with Crippen LogP contribution < -0.4 is 4.74 Å². The molecule has 0 saturated carbocycles. The normalized spacial score (nSPS) is 10.2. The van der Waals surface area contributed by atoms with E-state index in [1.165, 1.54) is 5.56 Å². The fourth-order valence-corrected chi connectivity index (χ4v) is 1.26. The summed E-state index contributed by atoms with van der Waals surface area (Å²) in [6.45, 7) is 0.630. The van der Waals surface area contributed by atoms with E-state index in [1.807, 2.05) is 48.5 Å². The summed E-state index contributed by atoms with van der Waals surface area (Å²) < 4.78 is 37.2. The van der Waals surface area contributed by atoms with Crippen molar-refractivity contribution < 1.29 is 22.3 Å². The molecule has 0 bridgehead atoms. The van der Waals surface area contributed by atoms with Gasteiger partial charge in [0.05, 0.1) is 0 Å². The van der Waals surface area contributed by atoms with E-state index < -0.39 is 10.4 Å². The number of hydrogen-bond acceptors (Lipinski definition) is 3. The second-order valence-corrected chi connectivity index (χ2v) is 4.43. The van der Waals surface area contributed by atoms with Gasteiger partial charge in [-0.3, -0.25) is 9.11 Å². The van der Waals surface area contributed by atoms with Crippen LogP contribution in [0.2, 0.25) is 0 Å². The first-order valence-corrected chi connectivity index (χ1v) is 6.76. The topological polar surface area (TPSA) is 83.8 Å². The molecule has 0 heterocycles. The molecule has 0 radical (unpaired) electrons. The lowest BCUT2D eigenvalue weighted by molar-refractivity contribution is 0.306. The van der Waals surface area contributed by atoms with Gasteiger partial charge in [-0.25, -0.2) is 0 Å². The number of rotatable bonds is 3. The molecular weight excluding hydrogens is 268 g/mol. The first-order chi connectivity index (χ1) is 8.95. The maximum absolute atomic E-state index is 8.74. The standard InChI is InChI=1S/C13H12O.H2O4S/c1-3-7-12(8-4-1)11-14-13-9-5-2-6-10-13;1-5(2,3)4/h1-10H,11H2;(H2,1,2,3,4). The fourth-order valence-electron chi connectivity index (χ4n) is 1.26. The Labute approximate surface area is 112 Å². The van der Waals surface area contributed by atoms with E-state index >= 15 is 0 Å². The molecule has 0 amide bonds. The highest BCUT2D eigenvalue weighted by molar-refractivity contribution is 7.79. The van der Waals surface area contributed by atoms with Gasteiger partial charge in [-0.2, -0.15) is 8.42 Å². The molecule has 0 aliphatic heterocycles. The first kappa shape index (κ1) is 15.2. The zero-order valence-electron chi connectivity index (χ0n) is 10.0. The van der Waals surface area contributed by atoms with Crippen molar-refractivity contribution >= 4 is 10.4 Å². The zero-order valence-corrected chi connectivity index (χ0v) is 10.8. The van der Waals surface area contributed by atoms with Crippen LogP contribution in [0.1, 0.15) is 5.56 Å². The molecule has 2 aromatic rings. The molecule has 0 spiro atoms. The van der Waals surface area contributed by atoms with Crippen LogP contribution in [0.25, 0.3) is 0 Å². The second-order valence-electron chi connectivity index (χ2n) is 3.54. The van der Waals surface area contributed by atoms with Crippen molar-refractivity contribution in [3.05, 3.63) is 66.2 Å². The lowest BCUT2D eigenvalue weighted by atomic mass is 10.2. The summed E-state index contributed by atoms with van der Waals surface area (Å²) in [7, 11) is -4.67. The molecule has 0 aliphatic carbocycles. The molecule has 0 aliphatic rings. The Bertz CT molecular complexity index is 519. The maximum Gasteiger partial charge on any atom is 0.394 e. The summed E-state index contributed by atoms with van der Waals surface area (Å²) >= 11 is 0. The molecule has 0 atom stereocenters. The van der Waals surface area contributed by atoms with Gasteiger partial charge in [-0.1, -0.05) is 48.5 Å². The van der Waals surface area contributed by atoms with Gasteiger partial charge in [0, 0.05) is 0 Å². The summed E-state index contributed by atoms with van der Waals surface area (Å²) in [6, 6.07) is 20.0. The van der Waals surface area contributed by atoms with Gasteiger partial charge in [-0.15, -0.1) is 0 Å². The molecule has 0 saturated heterocycles. The molecule has 6 heteroatoms. The van der Waals surface area contributed by atoms with E-state index in [9.17, 15) is 0 Å². The Morgan fingerprint density at radius 3 is 1.74 bits per heavy atom. The van der Waals surface area contributed by atoms with Crippen molar-refractivity contribution in [2.75, 3.05) is 0 Å². The van der Waals surface area contributed by atoms with E-state index in [1.54, 1.807) is 0 Å². The van der Waals surface area contributed by atoms with E-state index in [0.29, 0.717) is 6.61 Å². The van der Waals surface area contributed by atoms with Crippen LogP contribution in [-0.4, -0.2) is 17.5 Å². The lowest BCUT2D eigenvalue weighted by Crippen LogP contribution is -1.94. The van der Waals surface area contributed by atoms with Crippen LogP contribution in [0, 0.1) is 0 Å². The van der Waals surface area contributed by atoms with Gasteiger partial charge in [0.1, 0.15) is 12.4 Å². The summed E-state index contributed by atoms with van der Waals surface area (Å²) in [6.07, 6.45) is 0. The Kier molecular flexibility index (Phi) is 6.01. The van der Waals surface area contributed by atoms with Crippen LogP contribution in [0.5, 0.6) is 5.75 Å². The Hall–Kier alpha value is -1.89. The molecular formula is C13H14O5S. The first-order valence-electron chi connectivity index (χ1n) is 5.37. The largest absolute Gasteiger partial charge is 0.489 e. The van der Waals surface area contributed by atoms with Gasteiger partial charge in [-0.05, 0) is 17.7 Å². The van der Waals surface area contributed by atoms with Gasteiger partial charge < -0.3 is 4.74 Å². The van der Waals surface area contributed by atoms with Crippen LogP contribution in [-0.2, 0) is 17.0 Å². The van der Waals surface area contributed by atoms with Crippen molar-refractivity contribution in [3.63, 3.8) is 0 Å². The van der Waals surface area contributed by atoms with Crippen molar-refractivity contribution in [1.82, 2.24) is 0 Å². The van der Waals surface area contributed by atoms with Gasteiger partial charge >= 0.3 is 10.4 Å². The summed E-state index contributed by atoms with van der Waals surface area (Å²) in [5, 5.41) is 0. The molecule has 0 unspecified atom stereocenters. The minimum Gasteiger partial charge on any atom is -0.489 e. The van der Waals surface area contributed by atoms with Crippen LogP contribution >= 0.6 is 0 Å². The Morgan fingerprint density at radius 1 is 0.842 bits per heavy atom. The quantitative estimate of drug-likeness (QED) is 0.845.